The van der Waals surface area contributed by atoms with E-state index in [0.717, 1.165) is 61.8 Å². The zero-order chi connectivity index (χ0) is 20.3. The molecule has 0 amide bonds. The number of aromatic amines is 1. The fourth-order valence-electron chi connectivity index (χ4n) is 4.59. The number of nitrogen functional groups attached to an aromatic ring is 1. The Kier molecular flexibility index (Phi) is 5.41. The van der Waals surface area contributed by atoms with E-state index < -0.39 is 0 Å². The second-order valence-electron chi connectivity index (χ2n) is 8.20. The summed E-state index contributed by atoms with van der Waals surface area (Å²) in [5.41, 5.74) is 10.8. The van der Waals surface area contributed by atoms with E-state index in [1.807, 2.05) is 18.2 Å². The van der Waals surface area contributed by atoms with E-state index in [4.69, 9.17) is 15.2 Å². The third-order valence-corrected chi connectivity index (χ3v) is 6.25. The van der Waals surface area contributed by atoms with Crippen LogP contribution in [0, 0.1) is 0 Å². The molecule has 6 nitrogen and oxygen atoms in total. The van der Waals surface area contributed by atoms with Crippen molar-refractivity contribution < 1.29 is 9.47 Å². The van der Waals surface area contributed by atoms with E-state index in [-0.39, 0.29) is 0 Å². The number of ether oxygens (including phenoxy) is 2. The quantitative estimate of drug-likeness (QED) is 0.483. The third kappa shape index (κ3) is 3.92. The van der Waals surface area contributed by atoms with E-state index in [2.05, 4.69) is 39.2 Å². The van der Waals surface area contributed by atoms with E-state index in [1.165, 1.54) is 29.5 Å². The summed E-state index contributed by atoms with van der Waals surface area (Å²) in [4.78, 5) is 8.38. The predicted octanol–water partition coefficient (Wildman–Crippen LogP) is 3.67. The summed E-state index contributed by atoms with van der Waals surface area (Å²) >= 11 is 0. The lowest BCUT2D eigenvalue weighted by atomic mass is 10.1. The second-order valence-corrected chi connectivity index (χ2v) is 8.20. The highest BCUT2D eigenvalue weighted by Gasteiger charge is 2.19. The molecule has 1 fully saturated rings. The van der Waals surface area contributed by atoms with Gasteiger partial charge < -0.3 is 25.1 Å². The molecule has 0 unspecified atom stereocenters. The molecular weight excluding hydrogens is 376 g/mol. The number of nitrogens with two attached hydrogens (primary N) is 1. The summed E-state index contributed by atoms with van der Waals surface area (Å²) in [6.45, 7) is 6.75. The van der Waals surface area contributed by atoms with Gasteiger partial charge in [-0.3, -0.25) is 4.90 Å². The van der Waals surface area contributed by atoms with Gasteiger partial charge in [0.2, 0.25) is 0 Å². The van der Waals surface area contributed by atoms with Crippen molar-refractivity contribution in [3.05, 3.63) is 48.2 Å². The number of benzene rings is 2. The van der Waals surface area contributed by atoms with Gasteiger partial charge in [-0.15, -0.1) is 0 Å². The van der Waals surface area contributed by atoms with Gasteiger partial charge in [0.1, 0.15) is 13.2 Å². The number of nitrogens with zero attached hydrogens (tertiary/aromatic N) is 2. The van der Waals surface area contributed by atoms with E-state index in [9.17, 15) is 0 Å². The van der Waals surface area contributed by atoms with Crippen LogP contribution in [0.15, 0.2) is 42.6 Å². The molecule has 30 heavy (non-hydrogen) atoms. The van der Waals surface area contributed by atoms with Crippen LogP contribution in [0.3, 0.4) is 0 Å². The molecule has 3 N–H and O–H groups in total. The van der Waals surface area contributed by atoms with Crippen LogP contribution < -0.4 is 20.1 Å². The van der Waals surface area contributed by atoms with E-state index in [1.54, 1.807) is 0 Å². The minimum absolute atomic E-state index is 0.634. The van der Waals surface area contributed by atoms with Crippen molar-refractivity contribution in [3.63, 3.8) is 0 Å². The maximum absolute atomic E-state index is 6.17. The van der Waals surface area contributed by atoms with E-state index >= 15 is 0 Å². The van der Waals surface area contributed by atoms with Crippen LogP contribution in [0.2, 0.25) is 0 Å². The lowest BCUT2D eigenvalue weighted by Crippen LogP contribution is -2.46. The fourth-order valence-corrected chi connectivity index (χ4v) is 4.59. The number of aromatic nitrogens is 1. The molecule has 2 aliphatic heterocycles. The molecule has 0 spiro atoms. The number of rotatable bonds is 6. The summed E-state index contributed by atoms with van der Waals surface area (Å²) in [7, 11) is 0. The average Bonchev–Trinajstić information content (AvgIpc) is 3.21. The summed E-state index contributed by atoms with van der Waals surface area (Å²) in [6.07, 6.45) is 5.59. The molecule has 0 saturated carbocycles. The van der Waals surface area contributed by atoms with Gasteiger partial charge in [-0.1, -0.05) is 6.07 Å². The molecule has 1 aromatic heterocycles. The van der Waals surface area contributed by atoms with Crippen molar-refractivity contribution in [1.82, 2.24) is 9.88 Å². The van der Waals surface area contributed by atoms with Gasteiger partial charge in [-0.05, 0) is 55.6 Å². The topological polar surface area (TPSA) is 66.8 Å². The number of fused-ring (bicyclic) bond motifs is 2. The number of unbranched alkanes of at least 4 members (excludes halogenated alkanes) is 1. The highest BCUT2D eigenvalue weighted by atomic mass is 16.6. The fraction of sp³-hybridized carbons (Fsp3) is 0.417. The van der Waals surface area contributed by atoms with Crippen LogP contribution in [-0.2, 0) is 6.42 Å². The molecule has 6 heteroatoms. The van der Waals surface area contributed by atoms with Gasteiger partial charge in [0, 0.05) is 60.7 Å². The van der Waals surface area contributed by atoms with Crippen molar-refractivity contribution in [3.8, 4) is 11.5 Å². The Hall–Kier alpha value is -2.86. The van der Waals surface area contributed by atoms with E-state index in [0.29, 0.717) is 13.2 Å². The maximum atomic E-state index is 6.17. The van der Waals surface area contributed by atoms with Crippen molar-refractivity contribution in [2.75, 3.05) is 56.6 Å². The highest BCUT2D eigenvalue weighted by Crippen LogP contribution is 2.34. The Morgan fingerprint density at radius 1 is 0.933 bits per heavy atom. The third-order valence-electron chi connectivity index (χ3n) is 6.25. The molecule has 2 aliphatic rings. The lowest BCUT2D eigenvalue weighted by molar-refractivity contribution is 0.171. The van der Waals surface area contributed by atoms with Crippen LogP contribution in [0.5, 0.6) is 11.5 Å². The molecule has 0 atom stereocenters. The average molecular weight is 407 g/mol. The first-order valence-electron chi connectivity index (χ1n) is 11.0. The molecular formula is C24H30N4O2. The molecule has 0 aliphatic carbocycles. The Morgan fingerprint density at radius 2 is 1.77 bits per heavy atom. The normalized spacial score (nSPS) is 16.9. The number of aryl methyl sites for hydroxylation is 1. The number of hydrogen-bond donors (Lipinski definition) is 2. The standard InChI is InChI=1S/C24H30N4O2/c25-20-5-3-6-21-24(20)18(17-26-21)4-1-2-9-27-10-12-28(13-11-27)19-7-8-22-23(16-19)30-15-14-29-22/h3,5-8,16-17,26H,1-2,4,9-15,25H2. The SMILES string of the molecule is Nc1cccc2[nH]cc(CCCCN3CCN(c4ccc5c(c4)OCCO5)CC3)c12. The number of anilines is 2. The lowest BCUT2D eigenvalue weighted by Gasteiger charge is -2.36. The summed E-state index contributed by atoms with van der Waals surface area (Å²) in [5, 5.41) is 1.20. The summed E-state index contributed by atoms with van der Waals surface area (Å²) in [6, 6.07) is 12.4. The van der Waals surface area contributed by atoms with Crippen molar-refractivity contribution in [2.45, 2.75) is 19.3 Å². The zero-order valence-electron chi connectivity index (χ0n) is 17.4. The van der Waals surface area contributed by atoms with Crippen LogP contribution in [0.4, 0.5) is 11.4 Å². The van der Waals surface area contributed by atoms with Gasteiger partial charge in [-0.25, -0.2) is 0 Å². The molecule has 5 rings (SSSR count). The first-order chi connectivity index (χ1) is 14.8. The minimum atomic E-state index is 0.634. The first-order valence-corrected chi connectivity index (χ1v) is 11.0. The van der Waals surface area contributed by atoms with Crippen molar-refractivity contribution >= 4 is 22.3 Å². The molecule has 0 bridgehead atoms. The van der Waals surface area contributed by atoms with Crippen LogP contribution in [-0.4, -0.2) is 55.8 Å². The van der Waals surface area contributed by atoms with Crippen molar-refractivity contribution in [1.29, 1.82) is 0 Å². The molecule has 0 radical (unpaired) electrons. The van der Waals surface area contributed by atoms with Crippen LogP contribution >= 0.6 is 0 Å². The number of hydrogen-bond acceptors (Lipinski definition) is 5. The molecule has 2 aromatic carbocycles. The molecule has 1 saturated heterocycles. The summed E-state index contributed by atoms with van der Waals surface area (Å²) in [5.74, 6) is 1.74. The number of H-pyrrole nitrogens is 1. The minimum Gasteiger partial charge on any atom is -0.486 e. The Bertz CT molecular complexity index is 1010. The van der Waals surface area contributed by atoms with Crippen molar-refractivity contribution in [2.24, 2.45) is 0 Å². The second kappa shape index (κ2) is 8.48. The number of piperazine rings is 1. The number of nitrogens with one attached hydrogen (secondary N) is 1. The Morgan fingerprint density at radius 3 is 2.63 bits per heavy atom. The van der Waals surface area contributed by atoms with Gasteiger partial charge in [0.25, 0.3) is 0 Å². The Labute approximate surface area is 177 Å². The highest BCUT2D eigenvalue weighted by molar-refractivity contribution is 5.93. The monoisotopic (exact) mass is 406 g/mol. The molecule has 158 valence electrons. The van der Waals surface area contributed by atoms with Gasteiger partial charge in [0.15, 0.2) is 11.5 Å². The van der Waals surface area contributed by atoms with Gasteiger partial charge >= 0.3 is 0 Å². The molecule has 3 heterocycles. The molecule has 3 aromatic rings. The smallest absolute Gasteiger partial charge is 0.163 e. The summed E-state index contributed by atoms with van der Waals surface area (Å²) < 4.78 is 11.4. The van der Waals surface area contributed by atoms with Crippen LogP contribution in [0.1, 0.15) is 18.4 Å². The zero-order valence-corrected chi connectivity index (χ0v) is 17.4. The maximum Gasteiger partial charge on any atom is 0.163 e. The van der Waals surface area contributed by atoms with Crippen LogP contribution in [0.25, 0.3) is 10.9 Å². The van der Waals surface area contributed by atoms with Gasteiger partial charge in [0.05, 0.1) is 0 Å². The predicted molar refractivity (Wildman–Crippen MR) is 122 cm³/mol. The first kappa shape index (κ1) is 19.1. The largest absolute Gasteiger partial charge is 0.486 e. The van der Waals surface area contributed by atoms with Gasteiger partial charge in [-0.2, -0.15) is 0 Å². The Balaban J connectivity index is 1.08.